The molecule has 96 valence electrons. The Bertz CT molecular complexity index is 453. The van der Waals surface area contributed by atoms with Crippen LogP contribution in [-0.4, -0.2) is 23.9 Å². The van der Waals surface area contributed by atoms with Crippen LogP contribution in [-0.2, 0) is 9.59 Å². The molecule has 1 heterocycles. The number of carbonyl (C=O) groups excluding carboxylic acids is 2. The molecule has 0 saturated heterocycles. The minimum atomic E-state index is -0.0266. The molecule has 0 bridgehead atoms. The fourth-order valence-electron chi connectivity index (χ4n) is 2.65. The maximum Gasteiger partial charge on any atom is 0.224 e. The zero-order valence-electron chi connectivity index (χ0n) is 11.2. The minimum Gasteiger partial charge on any atom is -0.306 e. The van der Waals surface area contributed by atoms with Crippen LogP contribution >= 0.6 is 0 Å². The van der Waals surface area contributed by atoms with Crippen molar-refractivity contribution >= 4 is 23.2 Å². The monoisotopic (exact) mass is 246 g/mol. The molecule has 0 radical (unpaired) electrons. The Morgan fingerprint density at radius 3 is 1.50 bits per heavy atom. The molecule has 0 aromatic heterocycles. The summed E-state index contributed by atoms with van der Waals surface area (Å²) in [5.41, 5.74) is 1.62. The second-order valence-corrected chi connectivity index (χ2v) is 4.75. The Hall–Kier alpha value is -1.84. The van der Waals surface area contributed by atoms with Gasteiger partial charge in [-0.2, -0.15) is 0 Å². The van der Waals surface area contributed by atoms with Crippen LogP contribution in [0.15, 0.2) is 24.3 Å². The summed E-state index contributed by atoms with van der Waals surface area (Å²) in [5, 5.41) is 0. The summed E-state index contributed by atoms with van der Waals surface area (Å²) in [6.45, 7) is 7.06. The van der Waals surface area contributed by atoms with Crippen molar-refractivity contribution in [3.63, 3.8) is 0 Å². The molecule has 0 aliphatic carbocycles. The molecule has 0 fully saturated rings. The van der Waals surface area contributed by atoms with Crippen molar-refractivity contribution in [3.05, 3.63) is 24.3 Å². The average molecular weight is 246 g/mol. The lowest BCUT2D eigenvalue weighted by Crippen LogP contribution is -2.56. The summed E-state index contributed by atoms with van der Waals surface area (Å²) in [6, 6.07) is 7.48. The SMILES string of the molecule is CC(=O)N1c2ccccc2N(C(C)=O)C(C)C1C. The van der Waals surface area contributed by atoms with E-state index in [1.807, 2.05) is 38.1 Å². The highest BCUT2D eigenvalue weighted by molar-refractivity contribution is 6.03. The Morgan fingerprint density at radius 2 is 1.22 bits per heavy atom. The highest BCUT2D eigenvalue weighted by atomic mass is 16.2. The summed E-state index contributed by atoms with van der Waals surface area (Å²) >= 11 is 0. The van der Waals surface area contributed by atoms with Gasteiger partial charge in [0.15, 0.2) is 0 Å². The van der Waals surface area contributed by atoms with Gasteiger partial charge in [0.25, 0.3) is 0 Å². The van der Waals surface area contributed by atoms with Crippen molar-refractivity contribution < 1.29 is 9.59 Å². The smallest absolute Gasteiger partial charge is 0.224 e. The lowest BCUT2D eigenvalue weighted by atomic mass is 10.0. The quantitative estimate of drug-likeness (QED) is 0.704. The maximum atomic E-state index is 11.8. The van der Waals surface area contributed by atoms with E-state index >= 15 is 0 Å². The topological polar surface area (TPSA) is 40.6 Å². The summed E-state index contributed by atoms with van der Waals surface area (Å²) in [6.07, 6.45) is 0. The predicted octanol–water partition coefficient (Wildman–Crippen LogP) is 2.18. The standard InChI is InChI=1S/C14H18N2O2/c1-9-10(2)16(12(4)18)14-8-6-5-7-13(14)15(9)11(3)17/h5-10H,1-4H3. The van der Waals surface area contributed by atoms with Gasteiger partial charge in [-0.1, -0.05) is 12.1 Å². The van der Waals surface area contributed by atoms with E-state index in [2.05, 4.69) is 0 Å². The molecule has 2 amide bonds. The van der Waals surface area contributed by atoms with Gasteiger partial charge in [-0.3, -0.25) is 9.59 Å². The second kappa shape index (κ2) is 4.44. The highest BCUT2D eigenvalue weighted by Crippen LogP contribution is 2.38. The van der Waals surface area contributed by atoms with Crippen LogP contribution in [0.25, 0.3) is 0 Å². The molecule has 18 heavy (non-hydrogen) atoms. The zero-order valence-corrected chi connectivity index (χ0v) is 11.2. The third-order valence-electron chi connectivity index (χ3n) is 3.59. The van der Waals surface area contributed by atoms with E-state index in [4.69, 9.17) is 0 Å². The minimum absolute atomic E-state index is 0.00463. The zero-order chi connectivity index (χ0) is 13.4. The molecule has 2 unspecified atom stereocenters. The maximum absolute atomic E-state index is 11.8. The first-order valence-corrected chi connectivity index (χ1v) is 6.13. The van der Waals surface area contributed by atoms with E-state index in [-0.39, 0.29) is 23.9 Å². The second-order valence-electron chi connectivity index (χ2n) is 4.75. The van der Waals surface area contributed by atoms with Crippen molar-refractivity contribution in [1.29, 1.82) is 0 Å². The fourth-order valence-corrected chi connectivity index (χ4v) is 2.65. The van der Waals surface area contributed by atoms with E-state index in [9.17, 15) is 9.59 Å². The van der Waals surface area contributed by atoms with Crippen LogP contribution in [0.4, 0.5) is 11.4 Å². The van der Waals surface area contributed by atoms with Gasteiger partial charge >= 0.3 is 0 Å². The van der Waals surface area contributed by atoms with Gasteiger partial charge in [0, 0.05) is 13.8 Å². The van der Waals surface area contributed by atoms with Crippen molar-refractivity contribution in [2.75, 3.05) is 9.80 Å². The average Bonchev–Trinajstić information content (AvgIpc) is 2.29. The number of amides is 2. The molecular formula is C14H18N2O2. The number of benzene rings is 1. The fraction of sp³-hybridized carbons (Fsp3) is 0.429. The lowest BCUT2D eigenvalue weighted by Gasteiger charge is -2.45. The third-order valence-corrected chi connectivity index (χ3v) is 3.59. The van der Waals surface area contributed by atoms with Gasteiger partial charge in [-0.15, -0.1) is 0 Å². The van der Waals surface area contributed by atoms with Crippen LogP contribution < -0.4 is 9.80 Å². The molecule has 0 N–H and O–H groups in total. The van der Waals surface area contributed by atoms with Gasteiger partial charge < -0.3 is 9.80 Å². The molecule has 0 spiro atoms. The number of hydrogen-bond acceptors (Lipinski definition) is 2. The largest absolute Gasteiger partial charge is 0.306 e. The Morgan fingerprint density at radius 1 is 0.889 bits per heavy atom. The summed E-state index contributed by atoms with van der Waals surface area (Å²) in [5.74, 6) is 0.00926. The first-order chi connectivity index (χ1) is 8.45. The molecule has 2 atom stereocenters. The summed E-state index contributed by atoms with van der Waals surface area (Å²) < 4.78 is 0. The number of anilines is 2. The first-order valence-electron chi connectivity index (χ1n) is 6.13. The van der Waals surface area contributed by atoms with E-state index in [0.29, 0.717) is 0 Å². The Labute approximate surface area is 107 Å². The number of hydrogen-bond donors (Lipinski definition) is 0. The van der Waals surface area contributed by atoms with Crippen LogP contribution in [0.3, 0.4) is 0 Å². The highest BCUT2D eigenvalue weighted by Gasteiger charge is 2.37. The molecule has 1 aliphatic rings. The third kappa shape index (κ3) is 1.78. The number of rotatable bonds is 0. The van der Waals surface area contributed by atoms with Gasteiger partial charge in [0.05, 0.1) is 23.5 Å². The van der Waals surface area contributed by atoms with Crippen LogP contribution in [0.1, 0.15) is 27.7 Å². The molecule has 0 saturated carbocycles. The van der Waals surface area contributed by atoms with E-state index in [0.717, 1.165) is 11.4 Å². The van der Waals surface area contributed by atoms with Gasteiger partial charge in [-0.05, 0) is 26.0 Å². The van der Waals surface area contributed by atoms with Crippen molar-refractivity contribution in [2.24, 2.45) is 0 Å². The van der Waals surface area contributed by atoms with E-state index in [1.54, 1.807) is 23.6 Å². The Balaban J connectivity index is 2.62. The van der Waals surface area contributed by atoms with E-state index in [1.165, 1.54) is 0 Å². The molecule has 2 rings (SSSR count). The number of para-hydroxylation sites is 2. The van der Waals surface area contributed by atoms with E-state index < -0.39 is 0 Å². The molecule has 4 heteroatoms. The van der Waals surface area contributed by atoms with Crippen molar-refractivity contribution in [2.45, 2.75) is 39.8 Å². The summed E-state index contributed by atoms with van der Waals surface area (Å²) in [4.78, 5) is 27.2. The van der Waals surface area contributed by atoms with Gasteiger partial charge in [-0.25, -0.2) is 0 Å². The number of nitrogens with zero attached hydrogens (tertiary/aromatic N) is 2. The normalized spacial score (nSPS) is 22.7. The molecule has 1 aliphatic heterocycles. The van der Waals surface area contributed by atoms with Crippen LogP contribution in [0.2, 0.25) is 0 Å². The summed E-state index contributed by atoms with van der Waals surface area (Å²) in [7, 11) is 0. The molecular weight excluding hydrogens is 228 g/mol. The number of carbonyl (C=O) groups is 2. The number of fused-ring (bicyclic) bond motifs is 1. The lowest BCUT2D eigenvalue weighted by molar-refractivity contribution is -0.119. The van der Waals surface area contributed by atoms with Gasteiger partial charge in [0.1, 0.15) is 0 Å². The molecule has 1 aromatic rings. The molecule has 1 aromatic carbocycles. The van der Waals surface area contributed by atoms with Gasteiger partial charge in [0.2, 0.25) is 11.8 Å². The predicted molar refractivity (Wildman–Crippen MR) is 71.7 cm³/mol. The Kier molecular flexibility index (Phi) is 3.11. The van der Waals surface area contributed by atoms with Crippen molar-refractivity contribution in [1.82, 2.24) is 0 Å². The molecule has 4 nitrogen and oxygen atoms in total. The first kappa shape index (κ1) is 12.6. The van der Waals surface area contributed by atoms with Crippen molar-refractivity contribution in [3.8, 4) is 0 Å². The van der Waals surface area contributed by atoms with Crippen LogP contribution in [0.5, 0.6) is 0 Å². The van der Waals surface area contributed by atoms with Crippen LogP contribution in [0, 0.1) is 0 Å².